The van der Waals surface area contributed by atoms with E-state index in [9.17, 15) is 4.79 Å². The Morgan fingerprint density at radius 2 is 1.87 bits per heavy atom. The van der Waals surface area contributed by atoms with Gasteiger partial charge in [-0.1, -0.05) is 35.5 Å². The van der Waals surface area contributed by atoms with Crippen LogP contribution in [0.5, 0.6) is 0 Å². The number of amides is 1. The fraction of sp³-hybridized carbons (Fsp3) is 0.391. The van der Waals surface area contributed by atoms with E-state index >= 15 is 0 Å². The molecule has 2 aliphatic rings. The van der Waals surface area contributed by atoms with E-state index in [1.807, 2.05) is 22.9 Å². The van der Waals surface area contributed by atoms with Crippen molar-refractivity contribution in [1.29, 1.82) is 0 Å². The molecule has 0 radical (unpaired) electrons. The van der Waals surface area contributed by atoms with Crippen LogP contribution in [-0.2, 0) is 24.4 Å². The number of benzene rings is 1. The average Bonchev–Trinajstić information content (AvgIpc) is 3.23. The second kappa shape index (κ2) is 8.95. The summed E-state index contributed by atoms with van der Waals surface area (Å²) in [5, 5.41) is 12.0. The van der Waals surface area contributed by atoms with Crippen molar-refractivity contribution >= 4 is 5.91 Å². The zero-order valence-corrected chi connectivity index (χ0v) is 17.4. The molecule has 2 aliphatic heterocycles. The van der Waals surface area contributed by atoms with Crippen molar-refractivity contribution in [2.45, 2.75) is 44.7 Å². The zero-order valence-electron chi connectivity index (χ0n) is 17.4. The molecule has 8 nitrogen and oxygen atoms in total. The Hall–Kier alpha value is -3.10. The van der Waals surface area contributed by atoms with Crippen molar-refractivity contribution in [1.82, 2.24) is 30.2 Å². The monoisotopic (exact) mass is 418 g/mol. The quantitative estimate of drug-likeness (QED) is 0.685. The number of aromatic nitrogens is 4. The molecule has 0 unspecified atom stereocenters. The molecule has 0 spiro atoms. The van der Waals surface area contributed by atoms with Crippen molar-refractivity contribution in [2.24, 2.45) is 0 Å². The van der Waals surface area contributed by atoms with Crippen LogP contribution in [-0.4, -0.2) is 49.9 Å². The minimum absolute atomic E-state index is 0.0167. The Labute approximate surface area is 181 Å². The fourth-order valence-corrected chi connectivity index (χ4v) is 4.27. The second-order valence-corrected chi connectivity index (χ2v) is 8.14. The number of carbonyl (C=O) groups excluding carboxylic acids is 1. The summed E-state index contributed by atoms with van der Waals surface area (Å²) >= 11 is 0. The molecule has 160 valence electrons. The minimum Gasteiger partial charge on any atom is -0.365 e. The summed E-state index contributed by atoms with van der Waals surface area (Å²) in [7, 11) is 0. The Kier molecular flexibility index (Phi) is 5.73. The number of fused-ring (bicyclic) bond motifs is 1. The maximum absolute atomic E-state index is 12.4. The molecule has 8 heteroatoms. The SMILES string of the molecule is O=C(NC1CCN(Cc2nnn3c2CO[C@H](c2ccccc2)C3)CC1)c1ccncc1. The van der Waals surface area contributed by atoms with Crippen LogP contribution < -0.4 is 5.32 Å². The Morgan fingerprint density at radius 1 is 1.10 bits per heavy atom. The second-order valence-electron chi connectivity index (χ2n) is 8.14. The van der Waals surface area contributed by atoms with E-state index in [4.69, 9.17) is 4.74 Å². The van der Waals surface area contributed by atoms with Gasteiger partial charge in [-0.25, -0.2) is 4.68 Å². The molecule has 1 amide bonds. The summed E-state index contributed by atoms with van der Waals surface area (Å²) in [6, 6.07) is 13.9. The first-order valence-corrected chi connectivity index (χ1v) is 10.8. The third kappa shape index (κ3) is 4.50. The first-order chi connectivity index (χ1) is 15.3. The summed E-state index contributed by atoms with van der Waals surface area (Å²) in [6.45, 7) is 3.82. The molecule has 0 bridgehead atoms. The van der Waals surface area contributed by atoms with Gasteiger partial charge in [0.1, 0.15) is 11.8 Å². The van der Waals surface area contributed by atoms with Gasteiger partial charge in [-0.2, -0.15) is 0 Å². The lowest BCUT2D eigenvalue weighted by Gasteiger charge is -2.32. The Morgan fingerprint density at radius 3 is 2.65 bits per heavy atom. The van der Waals surface area contributed by atoms with Gasteiger partial charge in [0.15, 0.2) is 0 Å². The predicted molar refractivity (Wildman–Crippen MR) is 114 cm³/mol. The number of hydrogen-bond donors (Lipinski definition) is 1. The third-order valence-corrected chi connectivity index (χ3v) is 6.09. The molecule has 1 aromatic carbocycles. The van der Waals surface area contributed by atoms with Crippen LogP contribution in [0, 0.1) is 0 Å². The van der Waals surface area contributed by atoms with Gasteiger partial charge in [0, 0.05) is 43.6 Å². The highest BCUT2D eigenvalue weighted by molar-refractivity contribution is 5.94. The highest BCUT2D eigenvalue weighted by Gasteiger charge is 2.27. The van der Waals surface area contributed by atoms with Crippen LogP contribution >= 0.6 is 0 Å². The number of carbonyl (C=O) groups is 1. The van der Waals surface area contributed by atoms with Gasteiger partial charge in [0.25, 0.3) is 5.91 Å². The van der Waals surface area contributed by atoms with Gasteiger partial charge in [-0.3, -0.25) is 14.7 Å². The van der Waals surface area contributed by atoms with E-state index in [0.717, 1.165) is 43.9 Å². The largest absolute Gasteiger partial charge is 0.365 e. The van der Waals surface area contributed by atoms with Gasteiger partial charge in [0.05, 0.1) is 18.8 Å². The zero-order chi connectivity index (χ0) is 21.0. The van der Waals surface area contributed by atoms with Crippen molar-refractivity contribution in [2.75, 3.05) is 13.1 Å². The molecule has 0 aliphatic carbocycles. The van der Waals surface area contributed by atoms with Crippen molar-refractivity contribution in [3.8, 4) is 0 Å². The number of nitrogens with one attached hydrogen (secondary N) is 1. The van der Waals surface area contributed by atoms with Crippen LogP contribution in [0.4, 0.5) is 0 Å². The van der Waals surface area contributed by atoms with E-state index in [0.29, 0.717) is 18.7 Å². The molecule has 3 aromatic rings. The molecule has 0 saturated carbocycles. The van der Waals surface area contributed by atoms with E-state index in [2.05, 4.69) is 37.6 Å². The van der Waals surface area contributed by atoms with Gasteiger partial charge < -0.3 is 10.1 Å². The maximum atomic E-state index is 12.4. The molecule has 1 saturated heterocycles. The number of pyridine rings is 1. The summed E-state index contributed by atoms with van der Waals surface area (Å²) < 4.78 is 8.09. The lowest BCUT2D eigenvalue weighted by atomic mass is 10.0. The topological polar surface area (TPSA) is 85.2 Å². The molecule has 31 heavy (non-hydrogen) atoms. The van der Waals surface area contributed by atoms with Crippen LogP contribution in [0.1, 0.15) is 46.3 Å². The van der Waals surface area contributed by atoms with E-state index < -0.39 is 0 Å². The summed E-state index contributed by atoms with van der Waals surface area (Å²) in [5.41, 5.74) is 3.88. The van der Waals surface area contributed by atoms with E-state index in [-0.39, 0.29) is 18.1 Å². The highest BCUT2D eigenvalue weighted by Crippen LogP contribution is 2.27. The first-order valence-electron chi connectivity index (χ1n) is 10.8. The molecular weight excluding hydrogens is 392 g/mol. The lowest BCUT2D eigenvalue weighted by Crippen LogP contribution is -2.44. The third-order valence-electron chi connectivity index (χ3n) is 6.09. The van der Waals surface area contributed by atoms with Gasteiger partial charge in [-0.05, 0) is 30.5 Å². The van der Waals surface area contributed by atoms with Gasteiger partial charge in [-0.15, -0.1) is 5.10 Å². The number of piperidine rings is 1. The van der Waals surface area contributed by atoms with Crippen LogP contribution in [0.3, 0.4) is 0 Å². The number of ether oxygens (including phenoxy) is 1. The first kappa shape index (κ1) is 19.8. The number of hydrogen-bond acceptors (Lipinski definition) is 6. The molecule has 5 rings (SSSR count). The fourth-order valence-electron chi connectivity index (χ4n) is 4.27. The number of nitrogens with zero attached hydrogens (tertiary/aromatic N) is 5. The van der Waals surface area contributed by atoms with Crippen molar-refractivity contribution < 1.29 is 9.53 Å². The summed E-state index contributed by atoms with van der Waals surface area (Å²) in [5.74, 6) is -0.0293. The molecule has 2 aromatic heterocycles. The summed E-state index contributed by atoms with van der Waals surface area (Å²) in [4.78, 5) is 18.7. The highest BCUT2D eigenvalue weighted by atomic mass is 16.5. The molecule has 4 heterocycles. The van der Waals surface area contributed by atoms with Crippen LogP contribution in [0.25, 0.3) is 0 Å². The van der Waals surface area contributed by atoms with E-state index in [1.165, 1.54) is 5.56 Å². The van der Waals surface area contributed by atoms with Crippen LogP contribution in [0.2, 0.25) is 0 Å². The Balaban J connectivity index is 1.14. The lowest BCUT2D eigenvalue weighted by molar-refractivity contribution is -0.00216. The minimum atomic E-state index is -0.0293. The average molecular weight is 419 g/mol. The maximum Gasteiger partial charge on any atom is 0.251 e. The predicted octanol–water partition coefficient (Wildman–Crippen LogP) is 2.34. The Bertz CT molecular complexity index is 1020. The van der Waals surface area contributed by atoms with Crippen molar-refractivity contribution in [3.63, 3.8) is 0 Å². The standard InChI is InChI=1S/C23H26N6O2/c30-23(18-6-10-24-11-7-18)25-19-8-12-28(13-9-19)14-20-21-16-31-22(15-29(21)27-26-20)17-4-2-1-3-5-17/h1-7,10-11,19,22H,8-9,12-16H2,(H,25,30)/t22-/m0/s1. The summed E-state index contributed by atoms with van der Waals surface area (Å²) in [6.07, 6.45) is 5.15. The number of likely N-dealkylation sites (tertiary alicyclic amines) is 1. The van der Waals surface area contributed by atoms with Crippen molar-refractivity contribution in [3.05, 3.63) is 77.4 Å². The van der Waals surface area contributed by atoms with Crippen LogP contribution in [0.15, 0.2) is 54.9 Å². The smallest absolute Gasteiger partial charge is 0.251 e. The molecule has 1 N–H and O–H groups in total. The number of rotatable bonds is 5. The molecule has 1 fully saturated rings. The molecular formula is C23H26N6O2. The normalized spacial score (nSPS) is 19.7. The van der Waals surface area contributed by atoms with Gasteiger partial charge in [0.2, 0.25) is 0 Å². The van der Waals surface area contributed by atoms with E-state index in [1.54, 1.807) is 24.5 Å². The van der Waals surface area contributed by atoms with Gasteiger partial charge >= 0.3 is 0 Å². The molecule has 1 atom stereocenters.